The third-order valence-corrected chi connectivity index (χ3v) is 4.22. The van der Waals surface area contributed by atoms with Gasteiger partial charge in [0.05, 0.1) is 25.7 Å². The first-order chi connectivity index (χ1) is 12.9. The maximum absolute atomic E-state index is 12.2. The van der Waals surface area contributed by atoms with Crippen LogP contribution in [0.3, 0.4) is 0 Å². The largest absolute Gasteiger partial charge is 0.496 e. The minimum absolute atomic E-state index is 0.0281. The quantitative estimate of drug-likeness (QED) is 0.322. The number of para-hydroxylation sites is 1. The number of nitrogens with one attached hydrogen (secondary N) is 2. The molecule has 2 aromatic carbocycles. The van der Waals surface area contributed by atoms with Crippen molar-refractivity contribution in [3.63, 3.8) is 0 Å². The Labute approximate surface area is 158 Å². The number of amidine groups is 2. The molecule has 2 aromatic rings. The Balaban J connectivity index is 2.56. The zero-order valence-corrected chi connectivity index (χ0v) is 15.4. The van der Waals surface area contributed by atoms with Crippen LogP contribution < -0.4 is 16.2 Å². The van der Waals surface area contributed by atoms with Gasteiger partial charge < -0.3 is 20.9 Å². The van der Waals surface area contributed by atoms with Crippen molar-refractivity contribution >= 4 is 17.6 Å². The Kier molecular flexibility index (Phi) is 6.54. The van der Waals surface area contributed by atoms with Crippen molar-refractivity contribution in [2.75, 3.05) is 13.7 Å². The van der Waals surface area contributed by atoms with Crippen LogP contribution in [0, 0.1) is 10.8 Å². The minimum atomic E-state index is -0.362. The summed E-state index contributed by atoms with van der Waals surface area (Å²) in [5.41, 5.74) is 13.8. The van der Waals surface area contributed by atoms with E-state index in [0.717, 1.165) is 11.1 Å². The molecular weight excluding hydrogens is 344 g/mol. The first-order valence-electron chi connectivity index (χ1n) is 8.50. The van der Waals surface area contributed by atoms with E-state index < -0.39 is 0 Å². The monoisotopic (exact) mass is 368 g/mol. The van der Waals surface area contributed by atoms with Crippen molar-refractivity contribution in [3.8, 4) is 5.75 Å². The summed E-state index contributed by atoms with van der Waals surface area (Å²) in [4.78, 5) is 12.2. The summed E-state index contributed by atoms with van der Waals surface area (Å²) >= 11 is 0. The summed E-state index contributed by atoms with van der Waals surface area (Å²) in [5.74, 6) is -0.391. The number of carbonyl (C=O) groups excluding carboxylic acids is 1. The average molecular weight is 368 g/mol. The molecule has 0 heterocycles. The molecule has 0 radical (unpaired) electrons. The lowest BCUT2D eigenvalue weighted by Gasteiger charge is -2.21. The van der Waals surface area contributed by atoms with Gasteiger partial charge in [-0.2, -0.15) is 0 Å². The molecule has 27 heavy (non-hydrogen) atoms. The lowest BCUT2D eigenvalue weighted by Crippen LogP contribution is -2.17. The van der Waals surface area contributed by atoms with Crippen molar-refractivity contribution in [2.45, 2.75) is 19.3 Å². The number of hydrogen-bond donors (Lipinski definition) is 4. The molecule has 0 bridgehead atoms. The highest BCUT2D eigenvalue weighted by atomic mass is 16.5. The van der Waals surface area contributed by atoms with Crippen LogP contribution in [0.1, 0.15) is 41.5 Å². The van der Waals surface area contributed by atoms with E-state index in [0.29, 0.717) is 23.5 Å². The minimum Gasteiger partial charge on any atom is -0.496 e. The molecule has 2 rings (SSSR count). The predicted molar refractivity (Wildman–Crippen MR) is 105 cm³/mol. The number of esters is 1. The lowest BCUT2D eigenvalue weighted by molar-refractivity contribution is -0.143. The number of nitrogens with two attached hydrogens (primary N) is 2. The molecule has 0 aliphatic carbocycles. The SMILES string of the molecule is CCOC(=O)CC(c1ccc(C(=N)N)cc1)c1cccc(C(=N)N)c1OC. The number of ether oxygens (including phenoxy) is 2. The molecule has 0 spiro atoms. The molecule has 0 fully saturated rings. The van der Waals surface area contributed by atoms with Crippen molar-refractivity contribution in [3.05, 3.63) is 64.7 Å². The van der Waals surface area contributed by atoms with Crippen LogP contribution in [0.4, 0.5) is 0 Å². The molecule has 7 heteroatoms. The molecule has 1 atom stereocenters. The van der Waals surface area contributed by atoms with Crippen molar-refractivity contribution in [2.24, 2.45) is 11.5 Å². The van der Waals surface area contributed by atoms with Gasteiger partial charge in [0, 0.05) is 17.0 Å². The van der Waals surface area contributed by atoms with Gasteiger partial charge in [-0.3, -0.25) is 15.6 Å². The maximum atomic E-state index is 12.2. The van der Waals surface area contributed by atoms with Crippen LogP contribution in [0.2, 0.25) is 0 Å². The number of carbonyl (C=O) groups is 1. The standard InChI is InChI=1S/C20H24N4O3/c1-3-27-17(25)11-16(12-7-9-13(10-8-12)19(21)22)14-5-4-6-15(20(23)24)18(14)26-2/h4-10,16H,3,11H2,1-2H3,(H3,21,22)(H3,23,24). The average Bonchev–Trinajstić information content (AvgIpc) is 2.65. The first-order valence-corrected chi connectivity index (χ1v) is 8.50. The summed E-state index contributed by atoms with van der Waals surface area (Å²) in [5, 5.41) is 15.3. The highest BCUT2D eigenvalue weighted by molar-refractivity contribution is 5.98. The van der Waals surface area contributed by atoms with Crippen LogP contribution in [0.5, 0.6) is 5.75 Å². The third kappa shape index (κ3) is 4.63. The predicted octanol–water partition coefficient (Wildman–Crippen LogP) is 2.35. The van der Waals surface area contributed by atoms with E-state index in [9.17, 15) is 4.79 Å². The topological polar surface area (TPSA) is 135 Å². The van der Waals surface area contributed by atoms with Gasteiger partial charge >= 0.3 is 5.97 Å². The summed E-state index contributed by atoms with van der Waals surface area (Å²) in [6, 6.07) is 12.4. The Bertz CT molecular complexity index is 847. The van der Waals surface area contributed by atoms with Crippen molar-refractivity contribution < 1.29 is 14.3 Å². The Morgan fingerprint density at radius 1 is 1.07 bits per heavy atom. The fraction of sp³-hybridized carbons (Fsp3) is 0.250. The molecule has 0 saturated carbocycles. The van der Waals surface area contributed by atoms with Gasteiger partial charge in [-0.05, 0) is 18.6 Å². The van der Waals surface area contributed by atoms with Gasteiger partial charge in [0.25, 0.3) is 0 Å². The maximum Gasteiger partial charge on any atom is 0.306 e. The van der Waals surface area contributed by atoms with Crippen LogP contribution >= 0.6 is 0 Å². The highest BCUT2D eigenvalue weighted by Crippen LogP contribution is 2.36. The van der Waals surface area contributed by atoms with E-state index in [1.807, 2.05) is 18.2 Å². The second-order valence-electron chi connectivity index (χ2n) is 5.94. The Morgan fingerprint density at radius 3 is 2.26 bits per heavy atom. The summed E-state index contributed by atoms with van der Waals surface area (Å²) in [6.07, 6.45) is 0.102. The van der Waals surface area contributed by atoms with E-state index in [1.165, 1.54) is 7.11 Å². The Hall–Kier alpha value is -3.35. The molecule has 1 unspecified atom stereocenters. The van der Waals surface area contributed by atoms with Gasteiger partial charge in [0.2, 0.25) is 0 Å². The van der Waals surface area contributed by atoms with E-state index in [2.05, 4.69) is 0 Å². The number of benzene rings is 2. The van der Waals surface area contributed by atoms with Gasteiger partial charge in [-0.1, -0.05) is 36.4 Å². The summed E-state index contributed by atoms with van der Waals surface area (Å²) < 4.78 is 10.6. The lowest BCUT2D eigenvalue weighted by atomic mass is 9.86. The highest BCUT2D eigenvalue weighted by Gasteiger charge is 2.24. The molecule has 0 aromatic heterocycles. The summed E-state index contributed by atoms with van der Waals surface area (Å²) in [7, 11) is 1.51. The van der Waals surface area contributed by atoms with Gasteiger partial charge in [0.1, 0.15) is 17.4 Å². The molecule has 0 aliphatic heterocycles. The van der Waals surface area contributed by atoms with Crippen LogP contribution in [-0.2, 0) is 9.53 Å². The van der Waals surface area contributed by atoms with Crippen molar-refractivity contribution in [1.82, 2.24) is 0 Å². The molecule has 0 aliphatic rings. The first kappa shape index (κ1) is 20.0. The third-order valence-electron chi connectivity index (χ3n) is 4.22. The van der Waals surface area contributed by atoms with Crippen molar-refractivity contribution in [1.29, 1.82) is 10.8 Å². The van der Waals surface area contributed by atoms with E-state index in [1.54, 1.807) is 31.2 Å². The number of rotatable bonds is 8. The molecule has 6 N–H and O–H groups in total. The van der Waals surface area contributed by atoms with E-state index in [-0.39, 0.29) is 30.0 Å². The number of methoxy groups -OCH3 is 1. The van der Waals surface area contributed by atoms with Gasteiger partial charge in [-0.15, -0.1) is 0 Å². The zero-order chi connectivity index (χ0) is 20.0. The molecule has 7 nitrogen and oxygen atoms in total. The smallest absolute Gasteiger partial charge is 0.306 e. The fourth-order valence-electron chi connectivity index (χ4n) is 2.96. The van der Waals surface area contributed by atoms with Gasteiger partial charge in [0.15, 0.2) is 0 Å². The van der Waals surface area contributed by atoms with E-state index >= 15 is 0 Å². The second kappa shape index (κ2) is 8.84. The van der Waals surface area contributed by atoms with Crippen LogP contribution in [-0.4, -0.2) is 31.4 Å². The fourth-order valence-corrected chi connectivity index (χ4v) is 2.96. The zero-order valence-electron chi connectivity index (χ0n) is 15.4. The number of hydrogen-bond acceptors (Lipinski definition) is 5. The molecule has 0 saturated heterocycles. The molecule has 0 amide bonds. The molecule has 142 valence electrons. The van der Waals surface area contributed by atoms with Gasteiger partial charge in [-0.25, -0.2) is 0 Å². The second-order valence-corrected chi connectivity index (χ2v) is 5.94. The summed E-state index contributed by atoms with van der Waals surface area (Å²) in [6.45, 7) is 2.05. The number of nitrogen functional groups attached to an aromatic ring is 2. The van der Waals surface area contributed by atoms with Crippen LogP contribution in [0.25, 0.3) is 0 Å². The van der Waals surface area contributed by atoms with Crippen LogP contribution in [0.15, 0.2) is 42.5 Å². The normalized spacial score (nSPS) is 11.5. The molecular formula is C20H24N4O3. The Morgan fingerprint density at radius 2 is 1.74 bits per heavy atom. The van der Waals surface area contributed by atoms with E-state index in [4.69, 9.17) is 31.8 Å².